The molecule has 0 saturated heterocycles. The van der Waals surface area contributed by atoms with Crippen LogP contribution >= 0.6 is 0 Å². The Bertz CT molecular complexity index is 827. The highest BCUT2D eigenvalue weighted by Gasteiger charge is 2.16. The molecule has 6 heteroatoms. The SMILES string of the molecule is O=C(O)c1ncc(-c2ccc3[nH]ccc3c2F)cc1F. The van der Waals surface area contributed by atoms with E-state index in [1.165, 1.54) is 6.07 Å². The van der Waals surface area contributed by atoms with Crippen LogP contribution in [0.3, 0.4) is 0 Å². The number of H-pyrrole nitrogens is 1. The van der Waals surface area contributed by atoms with Crippen molar-refractivity contribution in [3.63, 3.8) is 0 Å². The third-order valence-electron chi connectivity index (χ3n) is 3.02. The van der Waals surface area contributed by atoms with E-state index in [2.05, 4.69) is 9.97 Å². The Morgan fingerprint density at radius 2 is 2.05 bits per heavy atom. The van der Waals surface area contributed by atoms with Gasteiger partial charge >= 0.3 is 5.97 Å². The third-order valence-corrected chi connectivity index (χ3v) is 3.02. The summed E-state index contributed by atoms with van der Waals surface area (Å²) in [6.45, 7) is 0. The van der Waals surface area contributed by atoms with Crippen molar-refractivity contribution in [2.45, 2.75) is 0 Å². The van der Waals surface area contributed by atoms with Gasteiger partial charge in [-0.15, -0.1) is 0 Å². The summed E-state index contributed by atoms with van der Waals surface area (Å²) in [6, 6.07) is 5.69. The number of hydrogen-bond acceptors (Lipinski definition) is 2. The molecule has 0 aliphatic carbocycles. The number of rotatable bonds is 2. The third kappa shape index (κ3) is 1.82. The highest BCUT2D eigenvalue weighted by Crippen LogP contribution is 2.28. The van der Waals surface area contributed by atoms with Gasteiger partial charge in [0.05, 0.1) is 0 Å². The van der Waals surface area contributed by atoms with E-state index in [1.54, 1.807) is 18.3 Å². The van der Waals surface area contributed by atoms with Crippen molar-refractivity contribution in [2.24, 2.45) is 0 Å². The number of fused-ring (bicyclic) bond motifs is 1. The molecule has 0 radical (unpaired) electrons. The highest BCUT2D eigenvalue weighted by atomic mass is 19.1. The first-order valence-electron chi connectivity index (χ1n) is 5.72. The average molecular weight is 274 g/mol. The number of carbonyl (C=O) groups is 1. The molecule has 0 spiro atoms. The topological polar surface area (TPSA) is 66.0 Å². The first-order chi connectivity index (χ1) is 9.58. The van der Waals surface area contributed by atoms with Crippen LogP contribution in [0.5, 0.6) is 0 Å². The summed E-state index contributed by atoms with van der Waals surface area (Å²) in [6.07, 6.45) is 2.74. The summed E-state index contributed by atoms with van der Waals surface area (Å²) in [4.78, 5) is 17.1. The first-order valence-corrected chi connectivity index (χ1v) is 5.72. The summed E-state index contributed by atoms with van der Waals surface area (Å²) in [7, 11) is 0. The molecule has 0 saturated carbocycles. The number of pyridine rings is 1. The van der Waals surface area contributed by atoms with Gasteiger partial charge in [-0.2, -0.15) is 0 Å². The van der Waals surface area contributed by atoms with Crippen molar-refractivity contribution < 1.29 is 18.7 Å². The van der Waals surface area contributed by atoms with Gasteiger partial charge in [0.2, 0.25) is 0 Å². The lowest BCUT2D eigenvalue weighted by molar-refractivity contribution is 0.0685. The molecule has 0 aliphatic rings. The van der Waals surface area contributed by atoms with Crippen LogP contribution in [-0.2, 0) is 0 Å². The molecule has 20 heavy (non-hydrogen) atoms. The van der Waals surface area contributed by atoms with Crippen molar-refractivity contribution >= 4 is 16.9 Å². The van der Waals surface area contributed by atoms with Crippen molar-refractivity contribution in [3.05, 3.63) is 54.0 Å². The van der Waals surface area contributed by atoms with Gasteiger partial charge in [0, 0.05) is 34.4 Å². The number of aromatic amines is 1. The number of hydrogen-bond donors (Lipinski definition) is 2. The smallest absolute Gasteiger partial charge is 0.357 e. The van der Waals surface area contributed by atoms with Crippen molar-refractivity contribution in [1.29, 1.82) is 0 Å². The summed E-state index contributed by atoms with van der Waals surface area (Å²) < 4.78 is 27.9. The van der Waals surface area contributed by atoms with Crippen LogP contribution in [0.25, 0.3) is 22.0 Å². The van der Waals surface area contributed by atoms with E-state index in [9.17, 15) is 13.6 Å². The summed E-state index contributed by atoms with van der Waals surface area (Å²) in [5.41, 5.74) is 0.298. The summed E-state index contributed by atoms with van der Waals surface area (Å²) in [5.74, 6) is -2.97. The van der Waals surface area contributed by atoms with Gasteiger partial charge in [-0.1, -0.05) is 0 Å². The average Bonchev–Trinajstić information content (AvgIpc) is 2.87. The quantitative estimate of drug-likeness (QED) is 0.754. The predicted octanol–water partition coefficient (Wildman–Crippen LogP) is 3.21. The fraction of sp³-hybridized carbons (Fsp3) is 0. The zero-order valence-electron chi connectivity index (χ0n) is 10.0. The molecule has 3 rings (SSSR count). The lowest BCUT2D eigenvalue weighted by Gasteiger charge is -2.05. The van der Waals surface area contributed by atoms with E-state index in [0.717, 1.165) is 12.3 Å². The van der Waals surface area contributed by atoms with E-state index in [0.29, 0.717) is 10.9 Å². The molecule has 0 unspecified atom stereocenters. The van der Waals surface area contributed by atoms with Crippen molar-refractivity contribution in [3.8, 4) is 11.1 Å². The fourth-order valence-electron chi connectivity index (χ4n) is 2.06. The van der Waals surface area contributed by atoms with Gasteiger partial charge in [-0.3, -0.25) is 0 Å². The zero-order valence-corrected chi connectivity index (χ0v) is 10.0. The molecule has 0 bridgehead atoms. The molecule has 0 aliphatic heterocycles. The lowest BCUT2D eigenvalue weighted by atomic mass is 10.0. The molecular weight excluding hydrogens is 266 g/mol. The molecule has 0 fully saturated rings. The number of nitrogens with zero attached hydrogens (tertiary/aromatic N) is 1. The van der Waals surface area contributed by atoms with Gasteiger partial charge < -0.3 is 10.1 Å². The van der Waals surface area contributed by atoms with Gasteiger partial charge in [-0.05, 0) is 24.3 Å². The normalized spacial score (nSPS) is 10.9. The Balaban J connectivity index is 2.18. The molecule has 4 nitrogen and oxygen atoms in total. The molecule has 0 amide bonds. The number of aromatic carboxylic acids is 1. The Morgan fingerprint density at radius 1 is 1.25 bits per heavy atom. The van der Waals surface area contributed by atoms with Gasteiger partial charge in [0.25, 0.3) is 0 Å². The molecular formula is C14H8F2N2O2. The number of carboxylic acids is 1. The molecule has 100 valence electrons. The highest BCUT2D eigenvalue weighted by molar-refractivity contribution is 5.88. The standard InChI is InChI=1S/C14H8F2N2O2/c15-10-5-7(6-18-13(10)14(19)20)8-1-2-11-9(12(8)16)3-4-17-11/h1-6,17H,(H,19,20). The van der Waals surface area contributed by atoms with E-state index >= 15 is 0 Å². The van der Waals surface area contributed by atoms with E-state index in [1.807, 2.05) is 0 Å². The van der Waals surface area contributed by atoms with Crippen LogP contribution in [0, 0.1) is 11.6 Å². The number of nitrogens with one attached hydrogen (secondary N) is 1. The minimum Gasteiger partial charge on any atom is -0.476 e. The molecule has 2 N–H and O–H groups in total. The minimum atomic E-state index is -1.46. The predicted molar refractivity (Wildman–Crippen MR) is 68.4 cm³/mol. The lowest BCUT2D eigenvalue weighted by Crippen LogP contribution is -2.04. The molecule has 2 aromatic heterocycles. The number of benzene rings is 1. The first kappa shape index (κ1) is 12.3. The van der Waals surface area contributed by atoms with Crippen molar-refractivity contribution in [2.75, 3.05) is 0 Å². The Kier molecular flexibility index (Phi) is 2.71. The zero-order chi connectivity index (χ0) is 14.3. The summed E-state index contributed by atoms with van der Waals surface area (Å²) in [5, 5.41) is 9.09. The summed E-state index contributed by atoms with van der Waals surface area (Å²) >= 11 is 0. The molecule has 1 aromatic carbocycles. The molecule has 3 aromatic rings. The minimum absolute atomic E-state index is 0.167. The van der Waals surface area contributed by atoms with E-state index in [4.69, 9.17) is 5.11 Å². The Labute approximate surface area is 111 Å². The monoisotopic (exact) mass is 274 g/mol. The van der Waals surface area contributed by atoms with Crippen LogP contribution in [0.2, 0.25) is 0 Å². The van der Waals surface area contributed by atoms with Crippen LogP contribution in [0.1, 0.15) is 10.5 Å². The maximum atomic E-state index is 14.3. The largest absolute Gasteiger partial charge is 0.476 e. The van der Waals surface area contributed by atoms with Gasteiger partial charge in [0.1, 0.15) is 5.82 Å². The van der Waals surface area contributed by atoms with Crippen molar-refractivity contribution in [1.82, 2.24) is 9.97 Å². The van der Waals surface area contributed by atoms with Crippen LogP contribution in [-0.4, -0.2) is 21.0 Å². The maximum absolute atomic E-state index is 14.3. The number of carboxylic acid groups (broad SMARTS) is 1. The second-order valence-corrected chi connectivity index (χ2v) is 4.23. The van der Waals surface area contributed by atoms with E-state index in [-0.39, 0.29) is 11.1 Å². The molecule has 0 atom stereocenters. The maximum Gasteiger partial charge on any atom is 0.357 e. The van der Waals surface area contributed by atoms with Crippen LogP contribution in [0.4, 0.5) is 8.78 Å². The fourth-order valence-corrected chi connectivity index (χ4v) is 2.06. The van der Waals surface area contributed by atoms with E-state index < -0.39 is 23.3 Å². The molecule has 2 heterocycles. The van der Waals surface area contributed by atoms with Gasteiger partial charge in [0.15, 0.2) is 11.5 Å². The Hall–Kier alpha value is -2.76. The van der Waals surface area contributed by atoms with Gasteiger partial charge in [-0.25, -0.2) is 18.6 Å². The number of halogens is 2. The second kappa shape index (κ2) is 4.41. The van der Waals surface area contributed by atoms with Crippen LogP contribution in [0.15, 0.2) is 36.7 Å². The number of aromatic nitrogens is 2. The van der Waals surface area contributed by atoms with Crippen LogP contribution < -0.4 is 0 Å². The second-order valence-electron chi connectivity index (χ2n) is 4.23. The Morgan fingerprint density at radius 3 is 2.75 bits per heavy atom.